The molecule has 39 heavy (non-hydrogen) atoms. The Balaban J connectivity index is 1.17. The Kier molecular flexibility index (Phi) is 9.55. The highest BCUT2D eigenvalue weighted by Gasteiger charge is 2.32. The van der Waals surface area contributed by atoms with Crippen molar-refractivity contribution in [2.75, 3.05) is 31.6 Å². The summed E-state index contributed by atoms with van der Waals surface area (Å²) in [4.78, 5) is 20.8. The number of anilines is 1. The number of ketones is 1. The summed E-state index contributed by atoms with van der Waals surface area (Å²) >= 11 is 5.87. The van der Waals surface area contributed by atoms with Gasteiger partial charge in [-0.25, -0.2) is 4.98 Å². The molecule has 2 aromatic heterocycles. The van der Waals surface area contributed by atoms with Crippen molar-refractivity contribution < 1.29 is 27.4 Å². The van der Waals surface area contributed by atoms with Crippen molar-refractivity contribution >= 4 is 44.9 Å². The van der Waals surface area contributed by atoms with E-state index in [0.29, 0.717) is 38.4 Å². The molecule has 2 heterocycles. The lowest BCUT2D eigenvalue weighted by Gasteiger charge is -2.12. The van der Waals surface area contributed by atoms with Gasteiger partial charge in [0.15, 0.2) is 5.78 Å². The highest BCUT2D eigenvalue weighted by molar-refractivity contribution is 6.32. The van der Waals surface area contributed by atoms with Crippen LogP contribution in [0.15, 0.2) is 54.9 Å². The number of fused-ring (bicyclic) bond motifs is 3. The number of pyridine rings is 2. The molecule has 0 aliphatic carbocycles. The van der Waals surface area contributed by atoms with Crippen molar-refractivity contribution in [3.63, 3.8) is 0 Å². The molecule has 0 spiro atoms. The van der Waals surface area contributed by atoms with Gasteiger partial charge >= 0.3 is 6.36 Å². The highest BCUT2D eigenvalue weighted by atomic mass is 35.5. The molecule has 0 atom stereocenters. The second-order valence-electron chi connectivity index (χ2n) is 8.91. The van der Waals surface area contributed by atoms with E-state index in [0.717, 1.165) is 45.9 Å². The first-order valence-electron chi connectivity index (χ1n) is 12.5. The molecule has 2 N–H and O–H groups in total. The number of aromatic nitrogens is 2. The largest absolute Gasteiger partial charge is 0.573 e. The van der Waals surface area contributed by atoms with E-state index in [1.165, 1.54) is 25.1 Å². The van der Waals surface area contributed by atoms with Crippen molar-refractivity contribution in [1.82, 2.24) is 15.3 Å². The highest BCUT2D eigenvalue weighted by Crippen LogP contribution is 2.31. The van der Waals surface area contributed by atoms with Crippen LogP contribution in [0.4, 0.5) is 19.0 Å². The summed E-state index contributed by atoms with van der Waals surface area (Å²) in [7, 11) is 0. The molecular weight excluding hydrogens is 533 g/mol. The number of benzene rings is 2. The van der Waals surface area contributed by atoms with Gasteiger partial charge in [0, 0.05) is 60.4 Å². The zero-order chi connectivity index (χ0) is 27.8. The van der Waals surface area contributed by atoms with Crippen molar-refractivity contribution in [3.05, 3.63) is 71.0 Å². The number of nitrogens with zero attached hydrogens (tertiary/aromatic N) is 2. The van der Waals surface area contributed by atoms with E-state index in [2.05, 4.69) is 20.4 Å². The number of carbonyl (C=O) groups is 1. The second kappa shape index (κ2) is 13.1. The van der Waals surface area contributed by atoms with Crippen LogP contribution in [0.25, 0.3) is 21.7 Å². The van der Waals surface area contributed by atoms with Crippen LogP contribution >= 0.6 is 11.6 Å². The van der Waals surface area contributed by atoms with E-state index >= 15 is 0 Å². The van der Waals surface area contributed by atoms with Gasteiger partial charge in [-0.3, -0.25) is 9.78 Å². The number of halogens is 4. The average Bonchev–Trinajstić information content (AvgIpc) is 2.90. The van der Waals surface area contributed by atoms with Crippen LogP contribution in [0.5, 0.6) is 5.75 Å². The van der Waals surface area contributed by atoms with Gasteiger partial charge in [0.25, 0.3) is 0 Å². The van der Waals surface area contributed by atoms with Gasteiger partial charge in [-0.15, -0.1) is 13.2 Å². The van der Waals surface area contributed by atoms with Crippen molar-refractivity contribution in [2.24, 2.45) is 0 Å². The summed E-state index contributed by atoms with van der Waals surface area (Å²) in [5.74, 6) is 0.312. The fourth-order valence-corrected chi connectivity index (χ4v) is 4.32. The summed E-state index contributed by atoms with van der Waals surface area (Å²) in [6, 6.07) is 11.6. The number of nitrogens with one attached hydrogen (secondary N) is 2. The van der Waals surface area contributed by atoms with E-state index in [1.54, 1.807) is 18.5 Å². The van der Waals surface area contributed by atoms with Crippen LogP contribution in [0.1, 0.15) is 35.7 Å². The Morgan fingerprint density at radius 3 is 2.54 bits per heavy atom. The van der Waals surface area contributed by atoms with E-state index < -0.39 is 12.1 Å². The van der Waals surface area contributed by atoms with E-state index in [4.69, 9.17) is 21.3 Å². The molecule has 4 rings (SSSR count). The second-order valence-corrected chi connectivity index (χ2v) is 9.31. The van der Waals surface area contributed by atoms with Crippen molar-refractivity contribution in [3.8, 4) is 5.75 Å². The number of rotatable bonds is 13. The standard InChI is InChI=1S/C28H28ClF3N4O3/c1-18(37)20-5-6-21-23-17-34-11-8-22(23)27(36-25(21)15-20)35-10-3-13-38-12-2-9-33-16-19-4-7-26(24(29)14-19)39-28(30,31)32/h4-8,11,14-15,17,33H,2-3,9-10,12-13,16H2,1H3,(H,35,36). The van der Waals surface area contributed by atoms with Gasteiger partial charge in [0.1, 0.15) is 11.6 Å². The number of Topliss-reactive ketones (excluding diaryl/α,β-unsaturated/α-hetero) is 1. The van der Waals surface area contributed by atoms with Crippen molar-refractivity contribution in [2.45, 2.75) is 32.7 Å². The molecule has 0 fully saturated rings. The molecule has 4 aromatic rings. The number of alkyl halides is 3. The third-order valence-corrected chi connectivity index (χ3v) is 6.25. The Labute approximate surface area is 228 Å². The monoisotopic (exact) mass is 560 g/mol. The maximum Gasteiger partial charge on any atom is 0.573 e. The molecular formula is C28H28ClF3N4O3. The number of ether oxygens (including phenoxy) is 2. The molecule has 0 aliphatic rings. The molecule has 0 aliphatic heterocycles. The van der Waals surface area contributed by atoms with Gasteiger partial charge in [0.05, 0.1) is 10.5 Å². The zero-order valence-corrected chi connectivity index (χ0v) is 22.0. The quantitative estimate of drug-likeness (QED) is 0.109. The number of hydrogen-bond donors (Lipinski definition) is 2. The van der Waals surface area contributed by atoms with E-state index in [-0.39, 0.29) is 10.8 Å². The fourth-order valence-electron chi connectivity index (χ4n) is 4.08. The molecule has 7 nitrogen and oxygen atoms in total. The van der Waals surface area contributed by atoms with Gasteiger partial charge in [-0.2, -0.15) is 0 Å². The van der Waals surface area contributed by atoms with Gasteiger partial charge in [0.2, 0.25) is 0 Å². The normalized spacial score (nSPS) is 11.7. The summed E-state index contributed by atoms with van der Waals surface area (Å²) in [5, 5.41) is 9.38. The maximum absolute atomic E-state index is 12.3. The summed E-state index contributed by atoms with van der Waals surface area (Å²) in [6.45, 7) is 4.49. The molecule has 0 amide bonds. The minimum atomic E-state index is -4.78. The van der Waals surface area contributed by atoms with Crippen LogP contribution in [0.3, 0.4) is 0 Å². The first kappa shape index (κ1) is 28.5. The molecule has 206 valence electrons. The molecule has 0 saturated carbocycles. The maximum atomic E-state index is 12.3. The third-order valence-electron chi connectivity index (χ3n) is 5.95. The van der Waals surface area contributed by atoms with E-state index in [9.17, 15) is 18.0 Å². The van der Waals surface area contributed by atoms with Crippen LogP contribution in [-0.2, 0) is 11.3 Å². The lowest BCUT2D eigenvalue weighted by molar-refractivity contribution is -0.274. The molecule has 0 radical (unpaired) electrons. The Morgan fingerprint density at radius 1 is 1.00 bits per heavy atom. The Bertz CT molecular complexity index is 1450. The molecule has 0 bridgehead atoms. The van der Waals surface area contributed by atoms with Gasteiger partial charge in [-0.1, -0.05) is 29.8 Å². The first-order chi connectivity index (χ1) is 18.7. The predicted octanol–water partition coefficient (Wildman–Crippen LogP) is 6.54. The van der Waals surface area contributed by atoms with Gasteiger partial charge in [-0.05, 0) is 56.1 Å². The smallest absolute Gasteiger partial charge is 0.404 e. The first-order valence-corrected chi connectivity index (χ1v) is 12.8. The molecule has 2 aromatic carbocycles. The average molecular weight is 561 g/mol. The van der Waals surface area contributed by atoms with Crippen LogP contribution in [0, 0.1) is 0 Å². The van der Waals surface area contributed by atoms with E-state index in [1.807, 2.05) is 18.2 Å². The zero-order valence-electron chi connectivity index (χ0n) is 21.3. The Morgan fingerprint density at radius 2 is 1.79 bits per heavy atom. The van der Waals surface area contributed by atoms with Crippen LogP contribution in [-0.4, -0.2) is 48.4 Å². The lowest BCUT2D eigenvalue weighted by atomic mass is 10.0. The minimum Gasteiger partial charge on any atom is -0.404 e. The molecule has 11 heteroatoms. The van der Waals surface area contributed by atoms with Crippen LogP contribution in [0.2, 0.25) is 5.02 Å². The van der Waals surface area contributed by atoms with Crippen molar-refractivity contribution in [1.29, 1.82) is 0 Å². The Hall–Kier alpha value is -3.47. The topological polar surface area (TPSA) is 85.4 Å². The predicted molar refractivity (Wildman–Crippen MR) is 145 cm³/mol. The fraction of sp³-hybridized carbons (Fsp3) is 0.321. The number of carbonyl (C=O) groups excluding carboxylic acids is 1. The van der Waals surface area contributed by atoms with Crippen LogP contribution < -0.4 is 15.4 Å². The molecule has 0 saturated heterocycles. The summed E-state index contributed by atoms with van der Waals surface area (Å²) in [6.07, 6.45) is 0.312. The van der Waals surface area contributed by atoms with Gasteiger partial charge < -0.3 is 20.1 Å². The third kappa shape index (κ3) is 8.01. The SMILES string of the molecule is CC(=O)c1ccc2c(c1)nc(NCCCOCCCNCc1ccc(OC(F)(F)F)c(Cl)c1)c1ccncc12. The lowest BCUT2D eigenvalue weighted by Crippen LogP contribution is -2.18. The summed E-state index contributed by atoms with van der Waals surface area (Å²) in [5.41, 5.74) is 2.11. The minimum absolute atomic E-state index is 0.00939. The molecule has 0 unspecified atom stereocenters. The summed E-state index contributed by atoms with van der Waals surface area (Å²) < 4.78 is 46.6. The number of hydrogen-bond acceptors (Lipinski definition) is 7.